The maximum Gasteiger partial charge on any atom is 0.293 e. The average Bonchev–Trinajstić information content (AvgIpc) is 2.04. The summed E-state index contributed by atoms with van der Waals surface area (Å²) in [6.07, 6.45) is 3.49. The number of hydrogen-bond donors (Lipinski definition) is 0. The van der Waals surface area contributed by atoms with Gasteiger partial charge in [0.15, 0.2) is 0 Å². The van der Waals surface area contributed by atoms with Crippen molar-refractivity contribution < 1.29 is 9.53 Å². The summed E-state index contributed by atoms with van der Waals surface area (Å²) in [6.45, 7) is 5.92. The summed E-state index contributed by atoms with van der Waals surface area (Å²) in [6, 6.07) is 3.82. The molecule has 0 saturated carbocycles. The number of carbonyl (C=O) groups is 1. The van der Waals surface area contributed by atoms with Gasteiger partial charge in [-0.2, -0.15) is 0 Å². The van der Waals surface area contributed by atoms with Gasteiger partial charge in [0.1, 0.15) is 5.60 Å². The number of hydrogen-bond acceptors (Lipinski definition) is 3. The molecule has 0 unspecified atom stereocenters. The molecule has 1 aromatic rings. The fraction of sp³-hybridized carbons (Fsp3) is 0.400. The van der Waals surface area contributed by atoms with Gasteiger partial charge in [-0.3, -0.25) is 9.78 Å². The molecular weight excluding hydrogens is 246 g/mol. The summed E-state index contributed by atoms with van der Waals surface area (Å²) in [5, 5.41) is 0. The van der Waals surface area contributed by atoms with E-state index < -0.39 is 0 Å². The minimum Gasteiger partial charge on any atom is -0.462 e. The monoisotopic (exact) mass is 259 g/mol. The van der Waals surface area contributed by atoms with Crippen molar-refractivity contribution in [3.8, 4) is 0 Å². The molecule has 78 valence electrons. The van der Waals surface area contributed by atoms with Crippen LogP contribution in [0.4, 0.5) is 0 Å². The van der Waals surface area contributed by atoms with Gasteiger partial charge in [0, 0.05) is 16.9 Å². The fourth-order valence-electron chi connectivity index (χ4n) is 0.486. The van der Waals surface area contributed by atoms with Gasteiger partial charge in [-0.15, -0.1) is 0 Å². The van der Waals surface area contributed by atoms with Gasteiger partial charge in [0.25, 0.3) is 6.47 Å². The molecule has 0 atom stereocenters. The highest BCUT2D eigenvalue weighted by atomic mass is 79.9. The topological polar surface area (TPSA) is 39.2 Å². The Morgan fingerprint density at radius 3 is 2.29 bits per heavy atom. The van der Waals surface area contributed by atoms with E-state index in [2.05, 4.69) is 25.7 Å². The predicted molar refractivity (Wildman–Crippen MR) is 58.8 cm³/mol. The normalized spacial score (nSPS) is 9.71. The Hall–Kier alpha value is -0.900. The van der Waals surface area contributed by atoms with Crippen LogP contribution in [0.3, 0.4) is 0 Å². The van der Waals surface area contributed by atoms with Crippen LogP contribution in [0.15, 0.2) is 29.0 Å². The Bertz CT molecular complexity index is 257. The van der Waals surface area contributed by atoms with E-state index in [4.69, 9.17) is 0 Å². The molecule has 0 aromatic carbocycles. The van der Waals surface area contributed by atoms with E-state index in [0.717, 1.165) is 4.47 Å². The second kappa shape index (κ2) is 6.54. The standard InChI is InChI=1S/C5H4BrN.C5H10O2/c6-5-2-1-3-7-4-5;1-5(2,3)7-4-6/h1-4H;4H,1-3H3. The highest BCUT2D eigenvalue weighted by Crippen LogP contribution is 2.03. The molecule has 0 N–H and O–H groups in total. The van der Waals surface area contributed by atoms with Gasteiger partial charge >= 0.3 is 0 Å². The third-order valence-electron chi connectivity index (χ3n) is 1.03. The van der Waals surface area contributed by atoms with Crippen molar-refractivity contribution in [2.24, 2.45) is 0 Å². The number of ether oxygens (including phenoxy) is 1. The van der Waals surface area contributed by atoms with Crippen LogP contribution in [-0.4, -0.2) is 17.1 Å². The van der Waals surface area contributed by atoms with Crippen molar-refractivity contribution in [3.05, 3.63) is 29.0 Å². The maximum absolute atomic E-state index is 9.60. The molecule has 0 amide bonds. The van der Waals surface area contributed by atoms with E-state index in [9.17, 15) is 4.79 Å². The number of aromatic nitrogens is 1. The second-order valence-corrected chi connectivity index (χ2v) is 4.41. The van der Waals surface area contributed by atoms with E-state index in [-0.39, 0.29) is 5.60 Å². The summed E-state index contributed by atoms with van der Waals surface area (Å²) in [4.78, 5) is 13.4. The molecule has 14 heavy (non-hydrogen) atoms. The van der Waals surface area contributed by atoms with Crippen molar-refractivity contribution in [2.45, 2.75) is 26.4 Å². The number of nitrogens with zero attached hydrogens (tertiary/aromatic N) is 1. The predicted octanol–water partition coefficient (Wildman–Crippen LogP) is 2.80. The molecule has 0 spiro atoms. The Labute approximate surface area is 92.6 Å². The van der Waals surface area contributed by atoms with Crippen LogP contribution >= 0.6 is 15.9 Å². The molecule has 1 rings (SSSR count). The van der Waals surface area contributed by atoms with Crippen LogP contribution in [0, 0.1) is 0 Å². The van der Waals surface area contributed by atoms with Crippen LogP contribution in [0.5, 0.6) is 0 Å². The molecule has 0 bridgehead atoms. The van der Waals surface area contributed by atoms with Crippen LogP contribution in [-0.2, 0) is 9.53 Å². The summed E-state index contributed by atoms with van der Waals surface area (Å²) in [5.74, 6) is 0. The Morgan fingerprint density at radius 2 is 2.14 bits per heavy atom. The first-order chi connectivity index (χ1) is 6.45. The molecule has 0 aliphatic rings. The highest BCUT2D eigenvalue weighted by molar-refractivity contribution is 9.10. The molecule has 0 aliphatic heterocycles. The van der Waals surface area contributed by atoms with Crippen molar-refractivity contribution in [2.75, 3.05) is 0 Å². The van der Waals surface area contributed by atoms with E-state index in [1.807, 2.05) is 32.9 Å². The third-order valence-corrected chi connectivity index (χ3v) is 1.50. The minimum absolute atomic E-state index is 0.318. The quantitative estimate of drug-likeness (QED) is 0.729. The van der Waals surface area contributed by atoms with E-state index in [1.54, 1.807) is 12.4 Å². The largest absolute Gasteiger partial charge is 0.462 e. The molecular formula is C10H14BrNO2. The lowest BCUT2D eigenvalue weighted by Crippen LogP contribution is -2.17. The van der Waals surface area contributed by atoms with Gasteiger partial charge in [-0.1, -0.05) is 0 Å². The first-order valence-corrected chi connectivity index (χ1v) is 4.92. The van der Waals surface area contributed by atoms with Gasteiger partial charge in [0.2, 0.25) is 0 Å². The fourth-order valence-corrected chi connectivity index (χ4v) is 0.757. The zero-order valence-electron chi connectivity index (χ0n) is 8.53. The molecule has 0 fully saturated rings. The zero-order valence-corrected chi connectivity index (χ0v) is 10.1. The SMILES string of the molecule is Brc1cccnc1.CC(C)(C)OC=O. The molecule has 4 heteroatoms. The number of rotatable bonds is 1. The highest BCUT2D eigenvalue weighted by Gasteiger charge is 2.07. The van der Waals surface area contributed by atoms with Gasteiger partial charge in [-0.25, -0.2) is 0 Å². The van der Waals surface area contributed by atoms with Gasteiger partial charge in [-0.05, 0) is 48.8 Å². The number of pyridine rings is 1. The van der Waals surface area contributed by atoms with E-state index in [0.29, 0.717) is 6.47 Å². The molecule has 3 nitrogen and oxygen atoms in total. The smallest absolute Gasteiger partial charge is 0.293 e. The van der Waals surface area contributed by atoms with Crippen molar-refractivity contribution >= 4 is 22.4 Å². The zero-order chi connectivity index (χ0) is 11.0. The van der Waals surface area contributed by atoms with Crippen LogP contribution in [0.25, 0.3) is 0 Å². The van der Waals surface area contributed by atoms with E-state index >= 15 is 0 Å². The Balaban J connectivity index is 0.000000241. The molecule has 0 radical (unpaired) electrons. The number of carbonyl (C=O) groups excluding carboxylic acids is 1. The van der Waals surface area contributed by atoms with Crippen LogP contribution in [0.1, 0.15) is 20.8 Å². The lowest BCUT2D eigenvalue weighted by molar-refractivity contribution is -0.138. The Morgan fingerprint density at radius 1 is 1.50 bits per heavy atom. The molecule has 1 heterocycles. The first-order valence-electron chi connectivity index (χ1n) is 4.12. The third kappa shape index (κ3) is 9.19. The first kappa shape index (κ1) is 13.1. The second-order valence-electron chi connectivity index (χ2n) is 3.50. The summed E-state index contributed by atoms with van der Waals surface area (Å²) in [7, 11) is 0. The lowest BCUT2D eigenvalue weighted by atomic mass is 10.2. The Kier molecular flexibility index (Phi) is 6.12. The summed E-state index contributed by atoms with van der Waals surface area (Å²) in [5.41, 5.74) is -0.318. The maximum atomic E-state index is 9.60. The minimum atomic E-state index is -0.318. The van der Waals surface area contributed by atoms with Crippen molar-refractivity contribution in [1.29, 1.82) is 0 Å². The average molecular weight is 260 g/mol. The van der Waals surface area contributed by atoms with Crippen LogP contribution < -0.4 is 0 Å². The van der Waals surface area contributed by atoms with Crippen LogP contribution in [0.2, 0.25) is 0 Å². The van der Waals surface area contributed by atoms with Crippen molar-refractivity contribution in [3.63, 3.8) is 0 Å². The van der Waals surface area contributed by atoms with Crippen molar-refractivity contribution in [1.82, 2.24) is 4.98 Å². The van der Waals surface area contributed by atoms with E-state index in [1.165, 1.54) is 0 Å². The molecule has 0 saturated heterocycles. The van der Waals surface area contributed by atoms with Gasteiger partial charge in [0.05, 0.1) is 0 Å². The summed E-state index contributed by atoms with van der Waals surface area (Å²) < 4.78 is 5.57. The van der Waals surface area contributed by atoms with Gasteiger partial charge < -0.3 is 4.74 Å². The molecule has 1 aromatic heterocycles. The number of halogens is 1. The lowest BCUT2D eigenvalue weighted by Gasteiger charge is -2.14. The molecule has 0 aliphatic carbocycles. The summed E-state index contributed by atoms with van der Waals surface area (Å²) >= 11 is 3.25.